The lowest BCUT2D eigenvalue weighted by Crippen LogP contribution is -2.14. The summed E-state index contributed by atoms with van der Waals surface area (Å²) in [5.41, 5.74) is 8.06. The molecule has 0 unspecified atom stereocenters. The van der Waals surface area contributed by atoms with E-state index in [0.717, 1.165) is 20.7 Å². The van der Waals surface area contributed by atoms with Crippen molar-refractivity contribution in [1.82, 2.24) is 9.78 Å². The smallest absolute Gasteiger partial charge is 0.141 e. The second kappa shape index (κ2) is 5.03. The maximum absolute atomic E-state index is 6.18. The number of hydrogen-bond donors (Lipinski definition) is 1. The van der Waals surface area contributed by atoms with Crippen molar-refractivity contribution in [3.63, 3.8) is 0 Å². The molecule has 0 spiro atoms. The molecule has 2 rings (SSSR count). The van der Waals surface area contributed by atoms with E-state index in [1.807, 2.05) is 24.3 Å². The third kappa shape index (κ3) is 2.70. The Morgan fingerprint density at radius 1 is 1.32 bits per heavy atom. The van der Waals surface area contributed by atoms with Crippen LogP contribution in [-0.2, 0) is 5.41 Å². The van der Waals surface area contributed by atoms with Crippen LogP contribution >= 0.6 is 22.6 Å². The van der Waals surface area contributed by atoms with Crippen LogP contribution in [0.15, 0.2) is 24.3 Å². The maximum atomic E-state index is 6.18. The Labute approximate surface area is 127 Å². The normalized spacial score (nSPS) is 11.6. The van der Waals surface area contributed by atoms with Gasteiger partial charge in [-0.15, -0.1) is 0 Å². The Morgan fingerprint density at radius 3 is 2.53 bits per heavy atom. The second-order valence-corrected chi connectivity index (χ2v) is 6.49. The number of rotatable bonds is 2. The van der Waals surface area contributed by atoms with Crippen LogP contribution in [0.4, 0.5) is 5.82 Å². The second-order valence-electron chi connectivity index (χ2n) is 5.41. The lowest BCUT2D eigenvalue weighted by molar-refractivity contribution is 0.414. The van der Waals surface area contributed by atoms with Gasteiger partial charge in [0.1, 0.15) is 11.6 Å². The minimum atomic E-state index is -0.0330. The molecule has 5 heteroatoms. The van der Waals surface area contributed by atoms with Crippen LogP contribution < -0.4 is 10.5 Å². The minimum Gasteiger partial charge on any atom is -0.497 e. The van der Waals surface area contributed by atoms with Crippen molar-refractivity contribution in [2.24, 2.45) is 0 Å². The molecule has 4 nitrogen and oxygen atoms in total. The Morgan fingerprint density at radius 2 is 2.00 bits per heavy atom. The molecule has 0 bridgehead atoms. The first-order valence-electron chi connectivity index (χ1n) is 6.03. The van der Waals surface area contributed by atoms with E-state index in [0.29, 0.717) is 5.82 Å². The van der Waals surface area contributed by atoms with Gasteiger partial charge in [0.25, 0.3) is 0 Å². The van der Waals surface area contributed by atoms with Gasteiger partial charge in [-0.1, -0.05) is 26.8 Å². The van der Waals surface area contributed by atoms with E-state index in [-0.39, 0.29) is 5.41 Å². The molecule has 0 aliphatic carbocycles. The third-order valence-electron chi connectivity index (χ3n) is 2.87. The molecule has 0 aliphatic rings. The van der Waals surface area contributed by atoms with Gasteiger partial charge in [0.2, 0.25) is 0 Å². The molecule has 0 aliphatic heterocycles. The van der Waals surface area contributed by atoms with Crippen LogP contribution in [-0.4, -0.2) is 16.9 Å². The van der Waals surface area contributed by atoms with Crippen molar-refractivity contribution in [2.75, 3.05) is 12.8 Å². The minimum absolute atomic E-state index is 0.0330. The SMILES string of the molecule is COc1cccc(-n2nc(C(C)(C)C)c(I)c2N)c1. The highest BCUT2D eigenvalue weighted by atomic mass is 127. The molecule has 2 N–H and O–H groups in total. The van der Waals surface area contributed by atoms with Crippen molar-refractivity contribution in [1.29, 1.82) is 0 Å². The van der Waals surface area contributed by atoms with Gasteiger partial charge in [0, 0.05) is 11.5 Å². The Bertz CT molecular complexity index is 599. The number of hydrogen-bond acceptors (Lipinski definition) is 3. The van der Waals surface area contributed by atoms with Crippen molar-refractivity contribution < 1.29 is 4.74 Å². The van der Waals surface area contributed by atoms with Gasteiger partial charge in [-0.2, -0.15) is 5.10 Å². The number of nitrogens with two attached hydrogens (primary N) is 1. The van der Waals surface area contributed by atoms with E-state index in [1.165, 1.54) is 0 Å². The van der Waals surface area contributed by atoms with Crippen molar-refractivity contribution >= 4 is 28.4 Å². The highest BCUT2D eigenvalue weighted by molar-refractivity contribution is 14.1. The number of halogens is 1. The summed E-state index contributed by atoms with van der Waals surface area (Å²) in [7, 11) is 1.65. The molecule has 0 saturated carbocycles. The zero-order valence-corrected chi connectivity index (χ0v) is 13.7. The van der Waals surface area contributed by atoms with Crippen LogP contribution in [0.3, 0.4) is 0 Å². The maximum Gasteiger partial charge on any atom is 0.141 e. The number of methoxy groups -OCH3 is 1. The zero-order valence-electron chi connectivity index (χ0n) is 11.6. The molecule has 1 aromatic heterocycles. The highest BCUT2D eigenvalue weighted by Gasteiger charge is 2.24. The van der Waals surface area contributed by atoms with Gasteiger partial charge in [-0.05, 0) is 34.7 Å². The van der Waals surface area contributed by atoms with Gasteiger partial charge >= 0.3 is 0 Å². The first-order valence-corrected chi connectivity index (χ1v) is 7.11. The van der Waals surface area contributed by atoms with Crippen LogP contribution in [0.25, 0.3) is 5.69 Å². The molecule has 0 atom stereocenters. The number of nitrogens with zero attached hydrogens (tertiary/aromatic N) is 2. The van der Waals surface area contributed by atoms with Crippen molar-refractivity contribution in [3.05, 3.63) is 33.5 Å². The molecule has 0 saturated heterocycles. The first-order chi connectivity index (χ1) is 8.84. The quantitative estimate of drug-likeness (QED) is 0.824. The summed E-state index contributed by atoms with van der Waals surface area (Å²) in [6.07, 6.45) is 0. The lowest BCUT2D eigenvalue weighted by Gasteiger charge is -2.15. The largest absolute Gasteiger partial charge is 0.497 e. The predicted molar refractivity (Wildman–Crippen MR) is 85.9 cm³/mol. The van der Waals surface area contributed by atoms with Crippen LogP contribution in [0.5, 0.6) is 5.75 Å². The van der Waals surface area contributed by atoms with E-state index in [2.05, 4.69) is 48.5 Å². The number of anilines is 1. The van der Waals surface area contributed by atoms with Crippen molar-refractivity contribution in [3.8, 4) is 11.4 Å². The average molecular weight is 371 g/mol. The fourth-order valence-electron chi connectivity index (χ4n) is 1.83. The molecular weight excluding hydrogens is 353 g/mol. The number of ether oxygens (including phenoxy) is 1. The first kappa shape index (κ1) is 14.2. The van der Waals surface area contributed by atoms with E-state index in [9.17, 15) is 0 Å². The highest BCUT2D eigenvalue weighted by Crippen LogP contribution is 2.31. The van der Waals surface area contributed by atoms with Gasteiger partial charge in [0.05, 0.1) is 22.1 Å². The fourth-order valence-corrected chi connectivity index (χ4v) is 2.98. The average Bonchev–Trinajstić information content (AvgIpc) is 2.66. The summed E-state index contributed by atoms with van der Waals surface area (Å²) in [6.45, 7) is 6.40. The Kier molecular flexibility index (Phi) is 3.75. The van der Waals surface area contributed by atoms with Crippen LogP contribution in [0.1, 0.15) is 26.5 Å². The standard InChI is InChI=1S/C14H18IN3O/c1-14(2,3)12-11(15)13(16)18(17-12)9-6-5-7-10(8-9)19-4/h5-8H,16H2,1-4H3. The predicted octanol–water partition coefficient (Wildman–Crippen LogP) is 3.37. The van der Waals surface area contributed by atoms with Gasteiger partial charge in [-0.25, -0.2) is 4.68 Å². The molecule has 1 heterocycles. The summed E-state index contributed by atoms with van der Waals surface area (Å²) < 4.78 is 8.01. The molecule has 0 amide bonds. The fraction of sp³-hybridized carbons (Fsp3) is 0.357. The molecule has 0 radical (unpaired) electrons. The third-order valence-corrected chi connectivity index (χ3v) is 3.93. The summed E-state index contributed by atoms with van der Waals surface area (Å²) in [4.78, 5) is 0. The lowest BCUT2D eigenvalue weighted by atomic mass is 9.92. The van der Waals surface area contributed by atoms with Crippen LogP contribution in [0.2, 0.25) is 0 Å². The summed E-state index contributed by atoms with van der Waals surface area (Å²) in [5, 5.41) is 4.65. The summed E-state index contributed by atoms with van der Waals surface area (Å²) in [6, 6.07) is 7.72. The van der Waals surface area contributed by atoms with Gasteiger partial charge in [-0.3, -0.25) is 0 Å². The zero-order chi connectivity index (χ0) is 14.2. The van der Waals surface area contributed by atoms with E-state index in [4.69, 9.17) is 10.5 Å². The summed E-state index contributed by atoms with van der Waals surface area (Å²) in [5.74, 6) is 1.46. The van der Waals surface area contributed by atoms with E-state index < -0.39 is 0 Å². The molecule has 1 aromatic carbocycles. The van der Waals surface area contributed by atoms with Crippen molar-refractivity contribution in [2.45, 2.75) is 26.2 Å². The van der Waals surface area contributed by atoms with E-state index >= 15 is 0 Å². The van der Waals surface area contributed by atoms with Crippen LogP contribution in [0, 0.1) is 3.57 Å². The molecule has 2 aromatic rings. The number of aromatic nitrogens is 2. The number of nitrogen functional groups attached to an aromatic ring is 1. The molecular formula is C14H18IN3O. The molecule has 0 fully saturated rings. The monoisotopic (exact) mass is 371 g/mol. The van der Waals surface area contributed by atoms with E-state index in [1.54, 1.807) is 11.8 Å². The molecule has 102 valence electrons. The van der Waals surface area contributed by atoms with Gasteiger partial charge in [0.15, 0.2) is 0 Å². The topological polar surface area (TPSA) is 53.1 Å². The summed E-state index contributed by atoms with van der Waals surface area (Å²) >= 11 is 2.26. The van der Waals surface area contributed by atoms with Gasteiger partial charge < -0.3 is 10.5 Å². The Hall–Kier alpha value is -1.24. The Balaban J connectivity index is 2.57. The number of benzene rings is 1. The molecule has 19 heavy (non-hydrogen) atoms.